The zero-order valence-electron chi connectivity index (χ0n) is 5.91. The van der Waals surface area contributed by atoms with E-state index in [1.807, 2.05) is 0 Å². The van der Waals surface area contributed by atoms with Crippen molar-refractivity contribution < 1.29 is 0 Å². The van der Waals surface area contributed by atoms with Crippen molar-refractivity contribution in [2.24, 2.45) is 5.41 Å². The van der Waals surface area contributed by atoms with Gasteiger partial charge in [-0.2, -0.15) is 0 Å². The molecular weight excluding hydrogens is 112 g/mol. The van der Waals surface area contributed by atoms with Gasteiger partial charge in [-0.3, -0.25) is 0 Å². The Morgan fingerprint density at radius 2 is 2.11 bits per heavy atom. The molecule has 0 aromatic rings. The van der Waals surface area contributed by atoms with Crippen molar-refractivity contribution in [1.82, 2.24) is 10.6 Å². The van der Waals surface area contributed by atoms with E-state index in [0.29, 0.717) is 0 Å². The molecule has 1 aliphatic carbocycles. The number of rotatable bonds is 1. The van der Waals surface area contributed by atoms with E-state index >= 15 is 0 Å². The van der Waals surface area contributed by atoms with E-state index in [2.05, 4.69) is 17.7 Å². The van der Waals surface area contributed by atoms with Crippen LogP contribution < -0.4 is 10.6 Å². The fraction of sp³-hybridized carbons (Fsp3) is 1.00. The number of hydrogen-bond donors (Lipinski definition) is 2. The van der Waals surface area contributed by atoms with E-state index in [0.717, 1.165) is 11.5 Å². The molecule has 9 heavy (non-hydrogen) atoms. The van der Waals surface area contributed by atoms with Gasteiger partial charge in [0.2, 0.25) is 0 Å². The first-order valence-corrected chi connectivity index (χ1v) is 3.73. The highest BCUT2D eigenvalue weighted by molar-refractivity contribution is 5.04. The summed E-state index contributed by atoms with van der Waals surface area (Å²) < 4.78 is 0. The van der Waals surface area contributed by atoms with Crippen LogP contribution >= 0.6 is 0 Å². The first-order chi connectivity index (χ1) is 4.35. The van der Waals surface area contributed by atoms with Crippen LogP contribution in [0.1, 0.15) is 12.8 Å². The van der Waals surface area contributed by atoms with Crippen molar-refractivity contribution in [2.45, 2.75) is 18.9 Å². The number of hydrogen-bond acceptors (Lipinski definition) is 2. The Balaban J connectivity index is 1.82. The lowest BCUT2D eigenvalue weighted by Gasteiger charge is -2.54. The summed E-state index contributed by atoms with van der Waals surface area (Å²) in [5, 5.41) is 6.62. The maximum atomic E-state index is 3.32. The molecule has 0 aromatic heterocycles. The van der Waals surface area contributed by atoms with Crippen molar-refractivity contribution in [3.8, 4) is 0 Å². The molecule has 0 bridgehead atoms. The summed E-state index contributed by atoms with van der Waals surface area (Å²) in [5.41, 5.74) is 0.744. The van der Waals surface area contributed by atoms with Crippen molar-refractivity contribution in [2.75, 3.05) is 20.1 Å². The summed E-state index contributed by atoms with van der Waals surface area (Å²) in [6, 6.07) is 0.826. The van der Waals surface area contributed by atoms with Crippen LogP contribution in [0, 0.1) is 5.41 Å². The minimum absolute atomic E-state index is 0.744. The van der Waals surface area contributed by atoms with Crippen LogP contribution in [0.2, 0.25) is 0 Å². The molecule has 1 aliphatic heterocycles. The molecule has 0 aromatic carbocycles. The molecule has 0 amide bonds. The fourth-order valence-electron chi connectivity index (χ4n) is 1.96. The quantitative estimate of drug-likeness (QED) is 0.515. The van der Waals surface area contributed by atoms with Gasteiger partial charge in [-0.05, 0) is 25.3 Å². The van der Waals surface area contributed by atoms with E-state index in [1.54, 1.807) is 0 Å². The summed E-state index contributed by atoms with van der Waals surface area (Å²) in [6.07, 6.45) is 2.80. The largest absolute Gasteiger partial charge is 0.317 e. The Hall–Kier alpha value is -0.0800. The first-order valence-electron chi connectivity index (χ1n) is 3.73. The van der Waals surface area contributed by atoms with E-state index < -0.39 is 0 Å². The molecule has 1 heterocycles. The number of nitrogens with one attached hydrogen (secondary N) is 2. The van der Waals surface area contributed by atoms with Crippen LogP contribution in [0.25, 0.3) is 0 Å². The predicted molar refractivity (Wildman–Crippen MR) is 37.4 cm³/mol. The zero-order chi connectivity index (χ0) is 6.32. The second-order valence-corrected chi connectivity index (χ2v) is 3.50. The summed E-state index contributed by atoms with van der Waals surface area (Å²) >= 11 is 0. The maximum absolute atomic E-state index is 3.32. The highest BCUT2D eigenvalue weighted by atomic mass is 15.0. The lowest BCUT2D eigenvalue weighted by Crippen LogP contribution is -2.64. The van der Waals surface area contributed by atoms with Gasteiger partial charge < -0.3 is 10.6 Å². The summed E-state index contributed by atoms with van der Waals surface area (Å²) in [6.45, 7) is 2.54. The molecule has 2 heteroatoms. The Morgan fingerprint density at radius 1 is 1.44 bits per heavy atom. The van der Waals surface area contributed by atoms with Crippen LogP contribution in [0.4, 0.5) is 0 Å². The third-order valence-electron chi connectivity index (χ3n) is 2.77. The Bertz CT molecular complexity index is 110. The third-order valence-corrected chi connectivity index (χ3v) is 2.77. The molecule has 2 N–H and O–H groups in total. The molecule has 0 atom stereocenters. The first kappa shape index (κ1) is 5.69. The second-order valence-electron chi connectivity index (χ2n) is 3.50. The van der Waals surface area contributed by atoms with Crippen molar-refractivity contribution in [1.29, 1.82) is 0 Å². The van der Waals surface area contributed by atoms with Gasteiger partial charge in [0.15, 0.2) is 0 Å². The summed E-state index contributed by atoms with van der Waals surface area (Å²) in [7, 11) is 2.06. The van der Waals surface area contributed by atoms with E-state index in [9.17, 15) is 0 Å². The van der Waals surface area contributed by atoms with Gasteiger partial charge in [0.25, 0.3) is 0 Å². The second kappa shape index (κ2) is 1.70. The van der Waals surface area contributed by atoms with Gasteiger partial charge in [0.1, 0.15) is 0 Å². The lowest BCUT2D eigenvalue weighted by atomic mass is 9.62. The van der Waals surface area contributed by atoms with Gasteiger partial charge in [-0.15, -0.1) is 0 Å². The van der Waals surface area contributed by atoms with Crippen molar-refractivity contribution >= 4 is 0 Å². The summed E-state index contributed by atoms with van der Waals surface area (Å²) in [5.74, 6) is 0. The van der Waals surface area contributed by atoms with E-state index in [1.165, 1.54) is 25.9 Å². The standard InChI is InChI=1S/C7H14N2/c1-8-6-2-7(3-6)4-9-5-7/h6,8-9H,2-5H2,1H3. The third kappa shape index (κ3) is 0.700. The van der Waals surface area contributed by atoms with Crippen LogP contribution in [0.5, 0.6) is 0 Å². The zero-order valence-corrected chi connectivity index (χ0v) is 5.91. The van der Waals surface area contributed by atoms with E-state index in [4.69, 9.17) is 0 Å². The van der Waals surface area contributed by atoms with Gasteiger partial charge in [-0.1, -0.05) is 0 Å². The molecule has 2 rings (SSSR count). The van der Waals surface area contributed by atoms with Crippen LogP contribution in [0.15, 0.2) is 0 Å². The molecule has 1 spiro atoms. The highest BCUT2D eigenvalue weighted by Crippen LogP contribution is 2.43. The Labute approximate surface area is 56.0 Å². The SMILES string of the molecule is CNC1CC2(CNC2)C1. The molecule has 2 nitrogen and oxygen atoms in total. The molecule has 52 valence electrons. The van der Waals surface area contributed by atoms with Crippen LogP contribution in [-0.2, 0) is 0 Å². The Morgan fingerprint density at radius 3 is 2.44 bits per heavy atom. The molecule has 1 saturated carbocycles. The maximum Gasteiger partial charge on any atom is 0.00765 e. The molecule has 2 fully saturated rings. The monoisotopic (exact) mass is 126 g/mol. The van der Waals surface area contributed by atoms with Crippen LogP contribution in [-0.4, -0.2) is 26.2 Å². The average Bonchev–Trinajstić information content (AvgIpc) is 1.59. The highest BCUT2D eigenvalue weighted by Gasteiger charge is 2.47. The lowest BCUT2D eigenvalue weighted by molar-refractivity contribution is 0.0268. The summed E-state index contributed by atoms with van der Waals surface area (Å²) in [4.78, 5) is 0. The van der Waals surface area contributed by atoms with Gasteiger partial charge in [0, 0.05) is 19.1 Å². The molecule has 0 unspecified atom stereocenters. The van der Waals surface area contributed by atoms with Gasteiger partial charge in [0.05, 0.1) is 0 Å². The van der Waals surface area contributed by atoms with Crippen molar-refractivity contribution in [3.63, 3.8) is 0 Å². The minimum Gasteiger partial charge on any atom is -0.317 e. The van der Waals surface area contributed by atoms with Gasteiger partial charge in [-0.25, -0.2) is 0 Å². The molecule has 0 radical (unpaired) electrons. The van der Waals surface area contributed by atoms with Crippen LogP contribution in [0.3, 0.4) is 0 Å². The van der Waals surface area contributed by atoms with Gasteiger partial charge >= 0.3 is 0 Å². The molecule has 1 saturated heterocycles. The molecule has 2 aliphatic rings. The topological polar surface area (TPSA) is 24.1 Å². The fourth-order valence-corrected chi connectivity index (χ4v) is 1.96. The smallest absolute Gasteiger partial charge is 0.00765 e. The minimum atomic E-state index is 0.744. The average molecular weight is 126 g/mol. The Kier molecular flexibility index (Phi) is 1.08. The normalized spacial score (nSPS) is 31.7. The predicted octanol–water partition coefficient (Wildman–Crippen LogP) is -0.0422. The molecular formula is C7H14N2. The van der Waals surface area contributed by atoms with Crippen molar-refractivity contribution in [3.05, 3.63) is 0 Å². The van der Waals surface area contributed by atoms with E-state index in [-0.39, 0.29) is 0 Å².